The predicted molar refractivity (Wildman–Crippen MR) is 348 cm³/mol. The zero-order valence-electron chi connectivity index (χ0n) is 52.3. The van der Waals surface area contributed by atoms with E-state index in [0.29, 0.717) is 19.3 Å². The van der Waals surface area contributed by atoms with Gasteiger partial charge < -0.3 is 14.2 Å². The Hall–Kier alpha value is -4.19. The molecule has 6 nitrogen and oxygen atoms in total. The summed E-state index contributed by atoms with van der Waals surface area (Å²) in [4.78, 5) is 38.4. The fourth-order valence-electron chi connectivity index (χ4n) is 9.15. The molecule has 0 spiro atoms. The number of rotatable bonds is 60. The van der Waals surface area contributed by atoms with Crippen LogP contribution in [0.5, 0.6) is 0 Å². The Morgan fingerprint density at radius 1 is 0.263 bits per heavy atom. The molecule has 0 aliphatic carbocycles. The molecule has 0 rings (SSSR count). The Kier molecular flexibility index (Phi) is 63.8. The summed E-state index contributed by atoms with van der Waals surface area (Å²) in [6, 6.07) is 0. The third kappa shape index (κ3) is 64.6. The lowest BCUT2D eigenvalue weighted by Crippen LogP contribution is -2.30. The number of hydrogen-bond acceptors (Lipinski definition) is 6. The van der Waals surface area contributed by atoms with Crippen molar-refractivity contribution in [1.29, 1.82) is 0 Å². The van der Waals surface area contributed by atoms with E-state index in [-0.39, 0.29) is 31.1 Å². The molecule has 0 amide bonds. The van der Waals surface area contributed by atoms with E-state index in [4.69, 9.17) is 14.2 Å². The molecule has 0 saturated carbocycles. The fourth-order valence-corrected chi connectivity index (χ4v) is 9.15. The summed E-state index contributed by atoms with van der Waals surface area (Å²) < 4.78 is 16.9. The molecule has 0 bridgehead atoms. The Morgan fingerprint density at radius 2 is 0.487 bits per heavy atom. The second-order valence-corrected chi connectivity index (χ2v) is 22.0. The Labute approximate surface area is 494 Å². The zero-order chi connectivity index (χ0) is 57.8. The number of carbonyl (C=O) groups is 3. The lowest BCUT2D eigenvalue weighted by Gasteiger charge is -2.18. The SMILES string of the molecule is CC/C=C\C/C=C\C/C=C\C/C=C\C/C=C\C/C=C\CCCCCCCCCCC(=O)OCC(COC(=O)CCCCCCC/C=C\C/C=C\CCCCCC)OC(=O)CCCCCCCCCCC/C=C\C/C=C\CCCCC. The van der Waals surface area contributed by atoms with Crippen LogP contribution in [-0.2, 0) is 28.6 Å². The van der Waals surface area contributed by atoms with Crippen LogP contribution in [0.3, 0.4) is 0 Å². The Morgan fingerprint density at radius 3 is 0.787 bits per heavy atom. The van der Waals surface area contributed by atoms with Crippen LogP contribution in [0.25, 0.3) is 0 Å². The molecule has 0 radical (unpaired) electrons. The molecule has 0 N–H and O–H groups in total. The molecule has 0 saturated heterocycles. The Balaban J connectivity index is 4.40. The summed E-state index contributed by atoms with van der Waals surface area (Å²) >= 11 is 0. The molecule has 6 heteroatoms. The summed E-state index contributed by atoms with van der Waals surface area (Å²) in [5.41, 5.74) is 0. The monoisotopic (exact) mass is 1110 g/mol. The summed E-state index contributed by atoms with van der Waals surface area (Å²) in [6.45, 7) is 6.48. The number of hydrogen-bond donors (Lipinski definition) is 0. The van der Waals surface area contributed by atoms with Crippen molar-refractivity contribution in [2.45, 2.75) is 316 Å². The van der Waals surface area contributed by atoms with Gasteiger partial charge in [-0.15, -0.1) is 0 Å². The van der Waals surface area contributed by atoms with Crippen LogP contribution in [0.15, 0.2) is 122 Å². The number of esters is 3. The maximum absolute atomic E-state index is 12.9. The van der Waals surface area contributed by atoms with Crippen LogP contribution in [0.4, 0.5) is 0 Å². The highest BCUT2D eigenvalue weighted by Crippen LogP contribution is 2.16. The van der Waals surface area contributed by atoms with Crippen molar-refractivity contribution in [3.63, 3.8) is 0 Å². The number of allylic oxidation sites excluding steroid dienone is 20. The van der Waals surface area contributed by atoms with Gasteiger partial charge in [0.1, 0.15) is 13.2 Å². The standard InChI is InChI=1S/C74H124O6/c1-4-7-10-13-16-19-22-25-28-31-33-34-35-36-37-38-39-40-42-43-46-49-52-55-58-61-64-67-73(76)79-70-71(69-78-72(75)66-63-60-57-54-51-48-45-30-27-24-21-18-15-12-9-6-3)80-74(77)68-65-62-59-56-53-50-47-44-41-32-29-26-23-20-17-14-11-8-5-2/h7,10,16-17,19-21,24-26,28-30,33-34,36-37,39-40,45,71H,4-6,8-9,11-15,18,22-23,27,31-32,35,38,41-44,46-70H2,1-3H3/b10-7-,19-16-,20-17-,24-21-,28-25-,29-26-,34-33-,37-36-,40-39-,45-30-. The third-order valence-electron chi connectivity index (χ3n) is 14.2. The number of carbonyl (C=O) groups excluding carboxylic acids is 3. The Bertz CT molecular complexity index is 1650. The van der Waals surface area contributed by atoms with Crippen LogP contribution in [0.2, 0.25) is 0 Å². The first-order valence-corrected chi connectivity index (χ1v) is 33.5. The number of ether oxygens (including phenoxy) is 3. The van der Waals surface area contributed by atoms with Gasteiger partial charge in [0, 0.05) is 19.3 Å². The molecule has 1 unspecified atom stereocenters. The molecule has 80 heavy (non-hydrogen) atoms. The van der Waals surface area contributed by atoms with Gasteiger partial charge in [0.2, 0.25) is 0 Å². The number of unbranched alkanes of at least 4 members (excludes halogenated alkanes) is 29. The van der Waals surface area contributed by atoms with E-state index in [2.05, 4.69) is 142 Å². The molecule has 1 atom stereocenters. The van der Waals surface area contributed by atoms with E-state index in [1.807, 2.05) is 0 Å². The van der Waals surface area contributed by atoms with Gasteiger partial charge in [-0.2, -0.15) is 0 Å². The van der Waals surface area contributed by atoms with Gasteiger partial charge in [-0.05, 0) is 135 Å². The van der Waals surface area contributed by atoms with E-state index >= 15 is 0 Å². The normalized spacial score (nSPS) is 12.9. The molecule has 0 aliphatic rings. The van der Waals surface area contributed by atoms with E-state index in [1.165, 1.54) is 135 Å². The van der Waals surface area contributed by atoms with Crippen LogP contribution in [0, 0.1) is 0 Å². The molecule has 0 aliphatic heterocycles. The van der Waals surface area contributed by atoms with Crippen LogP contribution >= 0.6 is 0 Å². The van der Waals surface area contributed by atoms with E-state index in [1.54, 1.807) is 0 Å². The quantitative estimate of drug-likeness (QED) is 0.0261. The maximum atomic E-state index is 12.9. The van der Waals surface area contributed by atoms with Gasteiger partial charge in [0.15, 0.2) is 6.10 Å². The van der Waals surface area contributed by atoms with Gasteiger partial charge in [-0.3, -0.25) is 14.4 Å². The minimum atomic E-state index is -0.795. The summed E-state index contributed by atoms with van der Waals surface area (Å²) in [6.07, 6.45) is 93.4. The van der Waals surface area contributed by atoms with Crippen molar-refractivity contribution in [3.8, 4) is 0 Å². The molecule has 0 fully saturated rings. The van der Waals surface area contributed by atoms with Crippen molar-refractivity contribution in [2.75, 3.05) is 13.2 Å². The predicted octanol–water partition coefficient (Wildman–Crippen LogP) is 23.2. The van der Waals surface area contributed by atoms with Gasteiger partial charge in [0.05, 0.1) is 0 Å². The zero-order valence-corrected chi connectivity index (χ0v) is 52.3. The average molecular weight is 1110 g/mol. The second-order valence-electron chi connectivity index (χ2n) is 22.0. The lowest BCUT2D eigenvalue weighted by atomic mass is 10.1. The van der Waals surface area contributed by atoms with Gasteiger partial charge in [0.25, 0.3) is 0 Å². The average Bonchev–Trinajstić information content (AvgIpc) is 3.46. The first-order chi connectivity index (χ1) is 39.5. The highest BCUT2D eigenvalue weighted by Gasteiger charge is 2.19. The van der Waals surface area contributed by atoms with Gasteiger partial charge >= 0.3 is 17.9 Å². The van der Waals surface area contributed by atoms with Gasteiger partial charge in [-0.25, -0.2) is 0 Å². The lowest BCUT2D eigenvalue weighted by molar-refractivity contribution is -0.167. The molecule has 0 heterocycles. The summed E-state index contributed by atoms with van der Waals surface area (Å²) in [5.74, 6) is -0.908. The largest absolute Gasteiger partial charge is 0.462 e. The molecule has 0 aromatic rings. The molecule has 0 aromatic heterocycles. The van der Waals surface area contributed by atoms with Crippen molar-refractivity contribution < 1.29 is 28.6 Å². The third-order valence-corrected chi connectivity index (χ3v) is 14.2. The topological polar surface area (TPSA) is 78.9 Å². The van der Waals surface area contributed by atoms with Crippen molar-refractivity contribution >= 4 is 17.9 Å². The first kappa shape index (κ1) is 75.8. The van der Waals surface area contributed by atoms with E-state index < -0.39 is 6.10 Å². The minimum Gasteiger partial charge on any atom is -0.462 e. The molecular weight excluding hydrogens is 985 g/mol. The van der Waals surface area contributed by atoms with E-state index in [9.17, 15) is 14.4 Å². The van der Waals surface area contributed by atoms with Crippen molar-refractivity contribution in [2.24, 2.45) is 0 Å². The summed E-state index contributed by atoms with van der Waals surface area (Å²) in [5, 5.41) is 0. The highest BCUT2D eigenvalue weighted by atomic mass is 16.6. The van der Waals surface area contributed by atoms with Crippen LogP contribution in [0.1, 0.15) is 310 Å². The van der Waals surface area contributed by atoms with Crippen LogP contribution < -0.4 is 0 Å². The molecule has 0 aromatic carbocycles. The smallest absolute Gasteiger partial charge is 0.306 e. The van der Waals surface area contributed by atoms with Crippen LogP contribution in [-0.4, -0.2) is 37.2 Å². The summed E-state index contributed by atoms with van der Waals surface area (Å²) in [7, 11) is 0. The first-order valence-electron chi connectivity index (χ1n) is 33.5. The van der Waals surface area contributed by atoms with Crippen molar-refractivity contribution in [3.05, 3.63) is 122 Å². The highest BCUT2D eigenvalue weighted by molar-refractivity contribution is 5.71. The van der Waals surface area contributed by atoms with Crippen molar-refractivity contribution in [1.82, 2.24) is 0 Å². The van der Waals surface area contributed by atoms with E-state index in [0.717, 1.165) is 135 Å². The molecular formula is C74H124O6. The minimum absolute atomic E-state index is 0.0902. The fraction of sp³-hybridized carbons (Fsp3) is 0.689. The second kappa shape index (κ2) is 67.3. The van der Waals surface area contributed by atoms with Gasteiger partial charge in [-0.1, -0.05) is 277 Å². The molecule has 456 valence electrons. The maximum Gasteiger partial charge on any atom is 0.306 e.